The maximum Gasteiger partial charge on any atom is 0.496 e. The highest BCUT2D eigenvalue weighted by Gasteiger charge is 2.52. The Hall–Kier alpha value is -2.11. The van der Waals surface area contributed by atoms with Gasteiger partial charge in [0.2, 0.25) is 0 Å². The first-order chi connectivity index (χ1) is 12.1. The van der Waals surface area contributed by atoms with Crippen LogP contribution in [0.3, 0.4) is 0 Å². The van der Waals surface area contributed by atoms with E-state index in [4.69, 9.17) is 9.31 Å². The molecule has 0 unspecified atom stereocenters. The second-order valence-corrected chi connectivity index (χ2v) is 7.93. The number of hydrogen-bond donors (Lipinski definition) is 1. The van der Waals surface area contributed by atoms with Crippen molar-refractivity contribution in [3.63, 3.8) is 0 Å². The highest BCUT2D eigenvalue weighted by atomic mass is 16.7. The van der Waals surface area contributed by atoms with Crippen LogP contribution >= 0.6 is 0 Å². The number of carbonyl (C=O) groups is 1. The molecule has 1 aliphatic heterocycles. The SMILES string of the molecule is Cc1cc(NC(=O)c2ccccc2)c(B2OC(C)(C)C(C)(C)O2)cc1C. The summed E-state index contributed by atoms with van der Waals surface area (Å²) in [6.07, 6.45) is 0. The third-order valence-electron chi connectivity index (χ3n) is 5.46. The molecule has 4 nitrogen and oxygen atoms in total. The zero-order valence-corrected chi connectivity index (χ0v) is 16.3. The zero-order valence-electron chi connectivity index (χ0n) is 16.3. The van der Waals surface area contributed by atoms with Crippen molar-refractivity contribution < 1.29 is 14.1 Å². The van der Waals surface area contributed by atoms with Crippen LogP contribution in [0.5, 0.6) is 0 Å². The van der Waals surface area contributed by atoms with Gasteiger partial charge in [0.25, 0.3) is 5.91 Å². The lowest BCUT2D eigenvalue weighted by molar-refractivity contribution is 0.00578. The number of hydrogen-bond acceptors (Lipinski definition) is 3. The van der Waals surface area contributed by atoms with Crippen LogP contribution in [0, 0.1) is 13.8 Å². The summed E-state index contributed by atoms with van der Waals surface area (Å²) in [6, 6.07) is 13.2. The smallest absolute Gasteiger partial charge is 0.399 e. The van der Waals surface area contributed by atoms with Gasteiger partial charge >= 0.3 is 7.12 Å². The van der Waals surface area contributed by atoms with Crippen LogP contribution in [0.1, 0.15) is 49.2 Å². The fourth-order valence-electron chi connectivity index (χ4n) is 2.90. The Labute approximate surface area is 156 Å². The fourth-order valence-corrected chi connectivity index (χ4v) is 2.90. The molecule has 1 fully saturated rings. The van der Waals surface area contributed by atoms with Gasteiger partial charge in [-0.1, -0.05) is 24.3 Å². The topological polar surface area (TPSA) is 47.6 Å². The number of anilines is 1. The Morgan fingerprint density at radius 3 is 2.04 bits per heavy atom. The first-order valence-electron chi connectivity index (χ1n) is 8.94. The maximum atomic E-state index is 12.6. The average molecular weight is 351 g/mol. The summed E-state index contributed by atoms with van der Waals surface area (Å²) < 4.78 is 12.4. The number of nitrogens with one attached hydrogen (secondary N) is 1. The van der Waals surface area contributed by atoms with Crippen LogP contribution in [-0.2, 0) is 9.31 Å². The van der Waals surface area contributed by atoms with E-state index >= 15 is 0 Å². The van der Waals surface area contributed by atoms with E-state index in [0.717, 1.165) is 22.3 Å². The Kier molecular flexibility index (Phi) is 4.71. The minimum atomic E-state index is -0.523. The fraction of sp³-hybridized carbons (Fsp3) is 0.381. The van der Waals surface area contributed by atoms with E-state index in [0.29, 0.717) is 5.56 Å². The van der Waals surface area contributed by atoms with Gasteiger partial charge in [0.1, 0.15) is 0 Å². The van der Waals surface area contributed by atoms with Crippen LogP contribution in [0.2, 0.25) is 0 Å². The molecular formula is C21H26BNO3. The van der Waals surface area contributed by atoms with E-state index in [-0.39, 0.29) is 5.91 Å². The second-order valence-electron chi connectivity index (χ2n) is 7.93. The molecule has 1 heterocycles. The van der Waals surface area contributed by atoms with Gasteiger partial charge in [0, 0.05) is 16.7 Å². The Morgan fingerprint density at radius 1 is 0.923 bits per heavy atom. The third kappa shape index (κ3) is 3.42. The summed E-state index contributed by atoms with van der Waals surface area (Å²) in [4.78, 5) is 12.6. The third-order valence-corrected chi connectivity index (χ3v) is 5.46. The molecule has 1 amide bonds. The molecule has 5 heteroatoms. The minimum Gasteiger partial charge on any atom is -0.399 e. The molecular weight excluding hydrogens is 325 g/mol. The van der Waals surface area contributed by atoms with Crippen LogP contribution in [0.15, 0.2) is 42.5 Å². The second kappa shape index (κ2) is 6.56. The number of amides is 1. The molecule has 1 aliphatic rings. The molecule has 136 valence electrons. The molecule has 26 heavy (non-hydrogen) atoms. The molecule has 1 saturated heterocycles. The van der Waals surface area contributed by atoms with Gasteiger partial charge in [-0.3, -0.25) is 4.79 Å². The van der Waals surface area contributed by atoms with Gasteiger partial charge in [-0.15, -0.1) is 0 Å². The van der Waals surface area contributed by atoms with Gasteiger partial charge < -0.3 is 14.6 Å². The predicted molar refractivity (Wildman–Crippen MR) is 106 cm³/mol. The summed E-state index contributed by atoms with van der Waals surface area (Å²) in [5, 5.41) is 3.03. The molecule has 0 spiro atoms. The first-order valence-corrected chi connectivity index (χ1v) is 8.94. The molecule has 3 rings (SSSR count). The Bertz CT molecular complexity index is 815. The molecule has 0 aliphatic carbocycles. The van der Waals surface area contributed by atoms with E-state index in [2.05, 4.69) is 5.32 Å². The molecule has 0 aromatic heterocycles. The summed E-state index contributed by atoms with van der Waals surface area (Å²) >= 11 is 0. The zero-order chi connectivity index (χ0) is 19.1. The van der Waals surface area contributed by atoms with Gasteiger partial charge in [-0.05, 0) is 70.9 Å². The minimum absolute atomic E-state index is 0.147. The largest absolute Gasteiger partial charge is 0.496 e. The molecule has 0 atom stereocenters. The highest BCUT2D eigenvalue weighted by Crippen LogP contribution is 2.37. The van der Waals surface area contributed by atoms with E-state index in [1.54, 1.807) is 12.1 Å². The summed E-state index contributed by atoms with van der Waals surface area (Å²) in [5.74, 6) is -0.147. The van der Waals surface area contributed by atoms with E-state index in [1.807, 2.05) is 71.9 Å². The lowest BCUT2D eigenvalue weighted by Gasteiger charge is -2.32. The quantitative estimate of drug-likeness (QED) is 0.855. The number of aryl methyl sites for hydroxylation is 2. The van der Waals surface area contributed by atoms with Crippen LogP contribution in [0.4, 0.5) is 5.69 Å². The molecule has 2 aromatic carbocycles. The normalized spacial score (nSPS) is 18.0. The Balaban J connectivity index is 1.96. The van der Waals surface area contributed by atoms with Crippen molar-refractivity contribution in [2.24, 2.45) is 0 Å². The number of rotatable bonds is 3. The predicted octanol–water partition coefficient (Wildman–Crippen LogP) is 3.85. The monoisotopic (exact) mass is 351 g/mol. The number of carbonyl (C=O) groups excluding carboxylic acids is 1. The molecule has 1 N–H and O–H groups in total. The van der Waals surface area contributed by atoms with E-state index in [1.165, 1.54) is 0 Å². The standard InChI is InChI=1S/C21H26BNO3/c1-14-12-17(22-25-20(3,4)21(5,6)26-22)18(13-15(14)2)23-19(24)16-10-8-7-9-11-16/h7-13H,1-6H3,(H,23,24). The highest BCUT2D eigenvalue weighted by molar-refractivity contribution is 6.64. The van der Waals surface area contributed by atoms with Crippen molar-refractivity contribution in [3.05, 3.63) is 59.2 Å². The summed E-state index contributed by atoms with van der Waals surface area (Å²) in [6.45, 7) is 12.2. The van der Waals surface area contributed by atoms with Gasteiger partial charge in [-0.25, -0.2) is 0 Å². The molecule has 2 aromatic rings. The molecule has 0 radical (unpaired) electrons. The lowest BCUT2D eigenvalue weighted by atomic mass is 9.76. The average Bonchev–Trinajstić information content (AvgIpc) is 2.79. The van der Waals surface area contributed by atoms with E-state index in [9.17, 15) is 4.79 Å². The van der Waals surface area contributed by atoms with Gasteiger partial charge in [-0.2, -0.15) is 0 Å². The van der Waals surface area contributed by atoms with Gasteiger partial charge in [0.05, 0.1) is 11.2 Å². The van der Waals surface area contributed by atoms with Crippen molar-refractivity contribution in [1.29, 1.82) is 0 Å². The van der Waals surface area contributed by atoms with Crippen molar-refractivity contribution in [3.8, 4) is 0 Å². The van der Waals surface area contributed by atoms with Crippen LogP contribution in [-0.4, -0.2) is 24.2 Å². The van der Waals surface area contributed by atoms with Crippen LogP contribution < -0.4 is 10.8 Å². The van der Waals surface area contributed by atoms with Crippen molar-refractivity contribution >= 4 is 24.2 Å². The van der Waals surface area contributed by atoms with Crippen LogP contribution in [0.25, 0.3) is 0 Å². The first kappa shape index (κ1) is 18.7. The van der Waals surface area contributed by atoms with Crippen molar-refractivity contribution in [2.45, 2.75) is 52.7 Å². The van der Waals surface area contributed by atoms with E-state index < -0.39 is 18.3 Å². The lowest BCUT2D eigenvalue weighted by Crippen LogP contribution is -2.41. The van der Waals surface area contributed by atoms with Crippen molar-refractivity contribution in [1.82, 2.24) is 0 Å². The molecule has 0 saturated carbocycles. The number of benzene rings is 2. The Morgan fingerprint density at radius 2 is 1.46 bits per heavy atom. The summed E-state index contributed by atoms with van der Waals surface area (Å²) in [7, 11) is -0.523. The maximum absolute atomic E-state index is 12.6. The summed E-state index contributed by atoms with van der Waals surface area (Å²) in [5.41, 5.74) is 3.55. The van der Waals surface area contributed by atoms with Crippen molar-refractivity contribution in [2.75, 3.05) is 5.32 Å². The van der Waals surface area contributed by atoms with Gasteiger partial charge in [0.15, 0.2) is 0 Å². The molecule has 0 bridgehead atoms.